The standard InChI is InChI=1S/C14H15BrClN3O/c1-14(2,3)13-18-11(17)7-12(19-13)20-10-5-4-8(16)6-9(10)15/h4-7H,1-3H3,(H2,17,18,19). The molecule has 0 fully saturated rings. The molecule has 20 heavy (non-hydrogen) atoms. The van der Waals surface area contributed by atoms with Crippen LogP contribution in [0.25, 0.3) is 0 Å². The van der Waals surface area contributed by atoms with Gasteiger partial charge in [0.05, 0.1) is 4.47 Å². The number of halogens is 2. The van der Waals surface area contributed by atoms with E-state index < -0.39 is 0 Å². The number of hydrogen-bond acceptors (Lipinski definition) is 4. The average molecular weight is 357 g/mol. The minimum atomic E-state index is -0.204. The van der Waals surface area contributed by atoms with Gasteiger partial charge in [0, 0.05) is 16.5 Å². The van der Waals surface area contributed by atoms with Gasteiger partial charge in [0.25, 0.3) is 0 Å². The molecule has 1 aromatic carbocycles. The van der Waals surface area contributed by atoms with E-state index in [4.69, 9.17) is 22.1 Å². The Balaban J connectivity index is 2.36. The summed E-state index contributed by atoms with van der Waals surface area (Å²) >= 11 is 9.30. The first-order chi connectivity index (χ1) is 9.25. The Labute approximate surface area is 131 Å². The Hall–Kier alpha value is -1.33. The zero-order valence-electron chi connectivity index (χ0n) is 11.4. The first-order valence-electron chi connectivity index (χ1n) is 6.03. The van der Waals surface area contributed by atoms with Crippen molar-refractivity contribution in [2.75, 3.05) is 5.73 Å². The maximum absolute atomic E-state index is 5.90. The van der Waals surface area contributed by atoms with Crippen LogP contribution >= 0.6 is 27.5 Å². The van der Waals surface area contributed by atoms with Gasteiger partial charge in [-0.15, -0.1) is 0 Å². The Bertz CT molecular complexity index is 641. The molecule has 1 aromatic heterocycles. The Kier molecular flexibility index (Phi) is 4.20. The fraction of sp³-hybridized carbons (Fsp3) is 0.286. The zero-order chi connectivity index (χ0) is 14.9. The first-order valence-corrected chi connectivity index (χ1v) is 7.21. The molecule has 0 radical (unpaired) electrons. The van der Waals surface area contributed by atoms with Crippen molar-refractivity contribution in [3.8, 4) is 11.6 Å². The van der Waals surface area contributed by atoms with Crippen molar-refractivity contribution in [2.45, 2.75) is 26.2 Å². The Morgan fingerprint density at radius 3 is 2.50 bits per heavy atom. The predicted molar refractivity (Wildman–Crippen MR) is 84.4 cm³/mol. The highest BCUT2D eigenvalue weighted by atomic mass is 79.9. The molecule has 0 atom stereocenters. The summed E-state index contributed by atoms with van der Waals surface area (Å²) in [5.41, 5.74) is 5.60. The highest BCUT2D eigenvalue weighted by Crippen LogP contribution is 2.32. The summed E-state index contributed by atoms with van der Waals surface area (Å²) in [4.78, 5) is 8.63. The van der Waals surface area contributed by atoms with Crippen LogP contribution in [0.3, 0.4) is 0 Å². The van der Waals surface area contributed by atoms with Crippen molar-refractivity contribution < 1.29 is 4.74 Å². The molecule has 2 aromatic rings. The lowest BCUT2D eigenvalue weighted by Gasteiger charge is -2.17. The van der Waals surface area contributed by atoms with Gasteiger partial charge in [-0.1, -0.05) is 32.4 Å². The van der Waals surface area contributed by atoms with Gasteiger partial charge in [0.1, 0.15) is 17.4 Å². The van der Waals surface area contributed by atoms with E-state index in [1.54, 1.807) is 24.3 Å². The van der Waals surface area contributed by atoms with Crippen molar-refractivity contribution in [3.63, 3.8) is 0 Å². The second-order valence-electron chi connectivity index (χ2n) is 5.38. The lowest BCUT2D eigenvalue weighted by atomic mass is 9.96. The molecular weight excluding hydrogens is 342 g/mol. The van der Waals surface area contributed by atoms with Crippen LogP contribution in [0.4, 0.5) is 5.82 Å². The van der Waals surface area contributed by atoms with Gasteiger partial charge in [0.15, 0.2) is 0 Å². The minimum Gasteiger partial charge on any atom is -0.438 e. The van der Waals surface area contributed by atoms with Crippen LogP contribution in [0.1, 0.15) is 26.6 Å². The number of nitrogen functional groups attached to an aromatic ring is 1. The van der Waals surface area contributed by atoms with Gasteiger partial charge in [0.2, 0.25) is 5.88 Å². The quantitative estimate of drug-likeness (QED) is 0.856. The van der Waals surface area contributed by atoms with E-state index in [0.717, 1.165) is 4.47 Å². The van der Waals surface area contributed by atoms with E-state index in [0.29, 0.717) is 28.3 Å². The summed E-state index contributed by atoms with van der Waals surface area (Å²) in [6.07, 6.45) is 0. The number of anilines is 1. The normalized spacial score (nSPS) is 11.4. The molecule has 0 unspecified atom stereocenters. The number of ether oxygens (including phenoxy) is 1. The molecule has 2 N–H and O–H groups in total. The summed E-state index contributed by atoms with van der Waals surface area (Å²) in [6, 6.07) is 6.86. The van der Waals surface area contributed by atoms with Crippen LogP contribution in [0, 0.1) is 0 Å². The third kappa shape index (κ3) is 3.61. The van der Waals surface area contributed by atoms with Crippen LogP contribution in [-0.4, -0.2) is 9.97 Å². The van der Waals surface area contributed by atoms with Crippen LogP contribution in [0.15, 0.2) is 28.7 Å². The summed E-state index contributed by atoms with van der Waals surface area (Å²) < 4.78 is 6.49. The van der Waals surface area contributed by atoms with Crippen LogP contribution in [0.5, 0.6) is 11.6 Å². The lowest BCUT2D eigenvalue weighted by molar-refractivity contribution is 0.444. The van der Waals surface area contributed by atoms with Crippen molar-refractivity contribution >= 4 is 33.3 Å². The average Bonchev–Trinajstić information content (AvgIpc) is 2.31. The minimum absolute atomic E-state index is 0.204. The number of benzene rings is 1. The second kappa shape index (κ2) is 5.58. The van der Waals surface area contributed by atoms with Crippen molar-refractivity contribution in [1.82, 2.24) is 9.97 Å². The molecule has 4 nitrogen and oxygen atoms in total. The predicted octanol–water partition coefficient (Wildman–Crippen LogP) is 4.56. The van der Waals surface area contributed by atoms with Crippen molar-refractivity contribution in [2.24, 2.45) is 0 Å². The molecule has 0 bridgehead atoms. The molecule has 106 valence electrons. The molecule has 2 rings (SSSR count). The highest BCUT2D eigenvalue weighted by molar-refractivity contribution is 9.10. The number of aromatic nitrogens is 2. The smallest absolute Gasteiger partial charge is 0.224 e. The van der Waals surface area contributed by atoms with Gasteiger partial charge < -0.3 is 10.5 Å². The summed E-state index contributed by atoms with van der Waals surface area (Å²) in [5.74, 6) is 2.04. The molecule has 0 saturated carbocycles. The molecule has 0 aliphatic rings. The van der Waals surface area contributed by atoms with Gasteiger partial charge in [-0.25, -0.2) is 4.98 Å². The molecule has 6 heteroatoms. The molecule has 0 amide bonds. The van der Waals surface area contributed by atoms with E-state index >= 15 is 0 Å². The largest absolute Gasteiger partial charge is 0.438 e. The molecular formula is C14H15BrClN3O. The van der Waals surface area contributed by atoms with E-state index in [9.17, 15) is 0 Å². The number of nitrogens with zero attached hydrogens (tertiary/aromatic N) is 2. The Morgan fingerprint density at radius 1 is 1.20 bits per heavy atom. The van der Waals surface area contributed by atoms with Gasteiger partial charge >= 0.3 is 0 Å². The number of hydrogen-bond donors (Lipinski definition) is 1. The molecule has 0 spiro atoms. The van der Waals surface area contributed by atoms with Crippen LogP contribution in [0.2, 0.25) is 5.02 Å². The van der Waals surface area contributed by atoms with E-state index in [2.05, 4.69) is 25.9 Å². The van der Waals surface area contributed by atoms with Gasteiger partial charge in [-0.05, 0) is 34.1 Å². The lowest BCUT2D eigenvalue weighted by Crippen LogP contribution is -2.17. The highest BCUT2D eigenvalue weighted by Gasteiger charge is 2.19. The summed E-state index contributed by atoms with van der Waals surface area (Å²) in [6.45, 7) is 6.05. The van der Waals surface area contributed by atoms with Crippen LogP contribution in [-0.2, 0) is 5.41 Å². The van der Waals surface area contributed by atoms with Gasteiger partial charge in [-0.3, -0.25) is 0 Å². The zero-order valence-corrected chi connectivity index (χ0v) is 13.8. The number of nitrogens with two attached hydrogens (primary N) is 1. The first kappa shape index (κ1) is 15.1. The molecule has 0 saturated heterocycles. The third-order valence-electron chi connectivity index (χ3n) is 2.50. The summed E-state index contributed by atoms with van der Waals surface area (Å²) in [5, 5.41) is 0.627. The third-order valence-corrected chi connectivity index (χ3v) is 3.36. The second-order valence-corrected chi connectivity index (χ2v) is 6.67. The van der Waals surface area contributed by atoms with Gasteiger partial charge in [-0.2, -0.15) is 4.98 Å². The van der Waals surface area contributed by atoms with E-state index in [-0.39, 0.29) is 5.41 Å². The van der Waals surface area contributed by atoms with Crippen LogP contribution < -0.4 is 10.5 Å². The fourth-order valence-corrected chi connectivity index (χ4v) is 2.26. The van der Waals surface area contributed by atoms with E-state index in [1.165, 1.54) is 0 Å². The molecule has 0 aliphatic carbocycles. The van der Waals surface area contributed by atoms with Crippen molar-refractivity contribution in [1.29, 1.82) is 0 Å². The monoisotopic (exact) mass is 355 g/mol. The summed E-state index contributed by atoms with van der Waals surface area (Å²) in [7, 11) is 0. The molecule has 0 aliphatic heterocycles. The fourth-order valence-electron chi connectivity index (χ4n) is 1.50. The SMILES string of the molecule is CC(C)(C)c1nc(N)cc(Oc2ccc(Cl)cc2Br)n1. The Morgan fingerprint density at radius 2 is 1.90 bits per heavy atom. The van der Waals surface area contributed by atoms with E-state index in [1.807, 2.05) is 20.8 Å². The molecule has 1 heterocycles. The maximum atomic E-state index is 5.90. The maximum Gasteiger partial charge on any atom is 0.224 e. The van der Waals surface area contributed by atoms with Crippen molar-refractivity contribution in [3.05, 3.63) is 39.6 Å². The topological polar surface area (TPSA) is 61.0 Å². The number of rotatable bonds is 2.